The third-order valence-electron chi connectivity index (χ3n) is 5.77. The summed E-state index contributed by atoms with van der Waals surface area (Å²) in [6.07, 6.45) is 4.98. The van der Waals surface area contributed by atoms with Crippen molar-refractivity contribution in [3.63, 3.8) is 0 Å². The highest BCUT2D eigenvalue weighted by atomic mass is 32.2. The lowest BCUT2D eigenvalue weighted by molar-refractivity contribution is 0.0987. The van der Waals surface area contributed by atoms with E-state index < -0.39 is 10.0 Å². The molecule has 2 N–H and O–H groups in total. The first kappa shape index (κ1) is 22.1. The number of aromatic nitrogens is 4. The SMILES string of the molecule is CCCCS(=O)(=O)Nc1csc2c(N3CCOCC3C)nc(-c3ccnc4[nH]ccc34)nc12. The number of anilines is 2. The number of nitrogens with zero attached hydrogens (tertiary/aromatic N) is 4. The molecule has 1 saturated heterocycles. The molecule has 5 rings (SSSR count). The second-order valence-corrected chi connectivity index (χ2v) is 10.9. The predicted molar refractivity (Wildman–Crippen MR) is 132 cm³/mol. The maximum Gasteiger partial charge on any atom is 0.232 e. The minimum Gasteiger partial charge on any atom is -0.377 e. The van der Waals surface area contributed by atoms with E-state index in [0.29, 0.717) is 43.2 Å². The van der Waals surface area contributed by atoms with Crippen molar-refractivity contribution < 1.29 is 13.2 Å². The Morgan fingerprint density at radius 3 is 3.03 bits per heavy atom. The summed E-state index contributed by atoms with van der Waals surface area (Å²) in [6.45, 7) is 6.01. The Labute approximate surface area is 196 Å². The molecule has 5 heterocycles. The van der Waals surface area contributed by atoms with Gasteiger partial charge in [-0.05, 0) is 25.5 Å². The zero-order valence-electron chi connectivity index (χ0n) is 18.5. The Kier molecular flexibility index (Phi) is 5.94. The van der Waals surface area contributed by atoms with Crippen molar-refractivity contribution in [1.82, 2.24) is 19.9 Å². The molecule has 0 amide bonds. The maximum absolute atomic E-state index is 12.6. The Morgan fingerprint density at radius 2 is 2.21 bits per heavy atom. The van der Waals surface area contributed by atoms with Gasteiger partial charge in [-0.1, -0.05) is 13.3 Å². The Balaban J connectivity index is 1.68. The quantitative estimate of drug-likeness (QED) is 0.406. The molecular weight excluding hydrogens is 460 g/mol. The van der Waals surface area contributed by atoms with Gasteiger partial charge in [0.15, 0.2) is 11.6 Å². The molecule has 11 heteroatoms. The number of thiophene rings is 1. The van der Waals surface area contributed by atoms with Crippen LogP contribution in [0.3, 0.4) is 0 Å². The summed E-state index contributed by atoms with van der Waals surface area (Å²) < 4.78 is 34.5. The summed E-state index contributed by atoms with van der Waals surface area (Å²) in [6, 6.07) is 3.98. The third kappa shape index (κ3) is 4.28. The summed E-state index contributed by atoms with van der Waals surface area (Å²) in [5.74, 6) is 1.42. The Hall–Kier alpha value is -2.76. The lowest BCUT2D eigenvalue weighted by atomic mass is 10.1. The topological polar surface area (TPSA) is 113 Å². The lowest BCUT2D eigenvalue weighted by Crippen LogP contribution is -2.44. The van der Waals surface area contributed by atoms with Crippen LogP contribution in [0.5, 0.6) is 0 Å². The summed E-state index contributed by atoms with van der Waals surface area (Å²) >= 11 is 1.46. The second-order valence-electron chi connectivity index (χ2n) is 8.19. The molecular formula is C22H26N6O3S2. The van der Waals surface area contributed by atoms with E-state index in [1.807, 2.05) is 30.6 Å². The van der Waals surface area contributed by atoms with E-state index in [1.54, 1.807) is 6.20 Å². The first-order valence-corrected chi connectivity index (χ1v) is 13.6. The minimum absolute atomic E-state index is 0.0838. The summed E-state index contributed by atoms with van der Waals surface area (Å²) in [7, 11) is -3.46. The van der Waals surface area contributed by atoms with Crippen molar-refractivity contribution in [2.24, 2.45) is 0 Å². The molecule has 1 aliphatic rings. The molecule has 0 aromatic carbocycles. The van der Waals surface area contributed by atoms with Gasteiger partial charge in [0, 0.05) is 35.3 Å². The number of sulfonamides is 1. The molecule has 0 spiro atoms. The lowest BCUT2D eigenvalue weighted by Gasteiger charge is -2.34. The summed E-state index contributed by atoms with van der Waals surface area (Å²) in [5, 5.41) is 2.73. The number of rotatable bonds is 7. The van der Waals surface area contributed by atoms with Crippen molar-refractivity contribution in [3.05, 3.63) is 29.9 Å². The van der Waals surface area contributed by atoms with Gasteiger partial charge in [0.25, 0.3) is 0 Å². The average molecular weight is 487 g/mol. The van der Waals surface area contributed by atoms with Gasteiger partial charge in [-0.3, -0.25) is 4.72 Å². The van der Waals surface area contributed by atoms with Gasteiger partial charge in [0.05, 0.1) is 35.4 Å². The highest BCUT2D eigenvalue weighted by molar-refractivity contribution is 7.92. The van der Waals surface area contributed by atoms with E-state index in [-0.39, 0.29) is 11.8 Å². The molecule has 174 valence electrons. The van der Waals surface area contributed by atoms with Gasteiger partial charge in [0.1, 0.15) is 11.2 Å². The zero-order chi connectivity index (χ0) is 23.0. The average Bonchev–Trinajstić information content (AvgIpc) is 3.44. The smallest absolute Gasteiger partial charge is 0.232 e. The summed E-state index contributed by atoms with van der Waals surface area (Å²) in [4.78, 5) is 19.6. The van der Waals surface area contributed by atoms with Crippen LogP contribution in [0.25, 0.3) is 32.6 Å². The van der Waals surface area contributed by atoms with Crippen LogP contribution in [0.2, 0.25) is 0 Å². The van der Waals surface area contributed by atoms with Crippen LogP contribution in [-0.4, -0.2) is 59.9 Å². The van der Waals surface area contributed by atoms with Crippen LogP contribution in [0.15, 0.2) is 29.9 Å². The van der Waals surface area contributed by atoms with E-state index in [4.69, 9.17) is 14.7 Å². The molecule has 0 bridgehead atoms. The maximum atomic E-state index is 12.6. The molecule has 33 heavy (non-hydrogen) atoms. The first-order chi connectivity index (χ1) is 16.0. The fourth-order valence-corrected chi connectivity index (χ4v) is 6.32. The molecule has 0 saturated carbocycles. The van der Waals surface area contributed by atoms with Crippen LogP contribution in [0.4, 0.5) is 11.5 Å². The van der Waals surface area contributed by atoms with E-state index >= 15 is 0 Å². The number of unbranched alkanes of at least 4 members (excludes halogenated alkanes) is 1. The standard InChI is InChI=1S/C22H26N6O3S2/c1-3-4-11-33(29,30)27-17-13-32-19-18(17)25-21(16-6-8-24-20-15(16)5-7-23-20)26-22(19)28-9-10-31-12-14(28)2/h5-8,13-14,27H,3-4,9-12H2,1-2H3,(H,23,24). The number of nitrogens with one attached hydrogen (secondary N) is 2. The van der Waals surface area contributed by atoms with Gasteiger partial charge in [-0.2, -0.15) is 0 Å². The number of H-pyrrole nitrogens is 1. The van der Waals surface area contributed by atoms with Crippen molar-refractivity contribution in [2.75, 3.05) is 35.1 Å². The van der Waals surface area contributed by atoms with Crippen LogP contribution >= 0.6 is 11.3 Å². The highest BCUT2D eigenvalue weighted by Gasteiger charge is 2.26. The monoisotopic (exact) mass is 486 g/mol. The summed E-state index contributed by atoms with van der Waals surface area (Å²) in [5.41, 5.74) is 2.70. The molecule has 0 aliphatic carbocycles. The number of aromatic amines is 1. The number of morpholine rings is 1. The van der Waals surface area contributed by atoms with Crippen molar-refractivity contribution in [1.29, 1.82) is 0 Å². The molecule has 1 unspecified atom stereocenters. The largest absolute Gasteiger partial charge is 0.377 e. The van der Waals surface area contributed by atoms with Gasteiger partial charge >= 0.3 is 0 Å². The van der Waals surface area contributed by atoms with Crippen molar-refractivity contribution in [2.45, 2.75) is 32.7 Å². The van der Waals surface area contributed by atoms with Gasteiger partial charge in [-0.25, -0.2) is 23.4 Å². The fourth-order valence-electron chi connectivity index (χ4n) is 4.04. The Bertz CT molecular complexity index is 1400. The normalized spacial score (nSPS) is 17.2. The van der Waals surface area contributed by atoms with E-state index in [2.05, 4.69) is 26.5 Å². The number of fused-ring (bicyclic) bond motifs is 2. The molecule has 1 fully saturated rings. The van der Waals surface area contributed by atoms with Crippen LogP contribution < -0.4 is 9.62 Å². The number of pyridine rings is 1. The first-order valence-electron chi connectivity index (χ1n) is 11.0. The predicted octanol–water partition coefficient (Wildman–Crippen LogP) is 4.00. The van der Waals surface area contributed by atoms with E-state index in [9.17, 15) is 8.42 Å². The third-order valence-corrected chi connectivity index (χ3v) is 8.09. The highest BCUT2D eigenvalue weighted by Crippen LogP contribution is 2.39. The Morgan fingerprint density at radius 1 is 1.33 bits per heavy atom. The minimum atomic E-state index is -3.46. The molecule has 4 aromatic rings. The van der Waals surface area contributed by atoms with E-state index in [0.717, 1.165) is 33.5 Å². The van der Waals surface area contributed by atoms with Crippen molar-refractivity contribution >= 4 is 54.1 Å². The van der Waals surface area contributed by atoms with Gasteiger partial charge < -0.3 is 14.6 Å². The molecule has 0 radical (unpaired) electrons. The zero-order valence-corrected chi connectivity index (χ0v) is 20.2. The van der Waals surface area contributed by atoms with Gasteiger partial charge in [0.2, 0.25) is 10.0 Å². The number of hydrogen-bond donors (Lipinski definition) is 2. The van der Waals surface area contributed by atoms with Crippen LogP contribution in [0, 0.1) is 0 Å². The number of ether oxygens (including phenoxy) is 1. The molecule has 4 aromatic heterocycles. The van der Waals surface area contributed by atoms with Gasteiger partial charge in [-0.15, -0.1) is 11.3 Å². The van der Waals surface area contributed by atoms with Crippen molar-refractivity contribution in [3.8, 4) is 11.4 Å². The second kappa shape index (κ2) is 8.88. The molecule has 1 aliphatic heterocycles. The molecule has 1 atom stereocenters. The van der Waals surface area contributed by atoms with E-state index in [1.165, 1.54) is 11.3 Å². The van der Waals surface area contributed by atoms with Crippen LogP contribution in [0.1, 0.15) is 26.7 Å². The number of hydrogen-bond acceptors (Lipinski definition) is 8. The fraction of sp³-hybridized carbons (Fsp3) is 0.409. The van der Waals surface area contributed by atoms with Crippen LogP contribution in [-0.2, 0) is 14.8 Å². The molecule has 9 nitrogen and oxygen atoms in total.